The van der Waals surface area contributed by atoms with Gasteiger partial charge >= 0.3 is 0 Å². The van der Waals surface area contributed by atoms with Crippen LogP contribution in [0.3, 0.4) is 0 Å². The zero-order chi connectivity index (χ0) is 10.1. The van der Waals surface area contributed by atoms with E-state index in [0.29, 0.717) is 11.3 Å². The summed E-state index contributed by atoms with van der Waals surface area (Å²) in [6.07, 6.45) is 4.05. The predicted octanol–water partition coefficient (Wildman–Crippen LogP) is 3.52. The van der Waals surface area contributed by atoms with Gasteiger partial charge in [-0.05, 0) is 31.1 Å². The number of nitrogens with zero attached hydrogens (tertiary/aromatic N) is 1. The number of rotatable bonds is 1. The van der Waals surface area contributed by atoms with Crippen molar-refractivity contribution >= 4 is 0 Å². The maximum atomic E-state index is 10.4. The number of hydrogen-bond donors (Lipinski definition) is 0. The fourth-order valence-corrected chi connectivity index (χ4v) is 2.27. The molecule has 74 valence electrons. The largest absolute Gasteiger partial charge is 0.150 e. The minimum absolute atomic E-state index is 0.0707. The van der Waals surface area contributed by atoms with Crippen LogP contribution in [-0.2, 0) is 0 Å². The Kier molecular flexibility index (Phi) is 2.89. The molecule has 13 heavy (non-hydrogen) atoms. The third-order valence-corrected chi connectivity index (χ3v) is 2.94. The molecule has 0 aromatic rings. The van der Waals surface area contributed by atoms with Gasteiger partial charge < -0.3 is 0 Å². The molecule has 1 rings (SSSR count). The van der Waals surface area contributed by atoms with Crippen molar-refractivity contribution in [3.63, 3.8) is 0 Å². The minimum Gasteiger partial charge on any atom is -0.150 e. The number of allylic oxidation sites excluding steroid dienone is 1. The topological polar surface area (TPSA) is 29.4 Å². The van der Waals surface area contributed by atoms with Crippen LogP contribution in [0.1, 0.15) is 40.5 Å². The second kappa shape index (κ2) is 3.60. The molecule has 0 spiro atoms. The molecule has 0 N–H and O–H groups in total. The summed E-state index contributed by atoms with van der Waals surface area (Å²) in [7, 11) is 0. The molecule has 1 aliphatic carbocycles. The van der Waals surface area contributed by atoms with Gasteiger partial charge in [0.2, 0.25) is 0 Å². The van der Waals surface area contributed by atoms with Crippen molar-refractivity contribution < 1.29 is 0 Å². The van der Waals surface area contributed by atoms with Crippen LogP contribution in [0.5, 0.6) is 0 Å². The van der Waals surface area contributed by atoms with E-state index in [1.165, 1.54) is 5.57 Å². The third-order valence-electron chi connectivity index (χ3n) is 2.94. The normalized spacial score (nSPS) is 29.7. The third kappa shape index (κ3) is 2.39. The Labute approximate surface area is 80.4 Å². The van der Waals surface area contributed by atoms with Crippen molar-refractivity contribution in [2.24, 2.45) is 16.5 Å². The first-order valence-corrected chi connectivity index (χ1v) is 4.96. The molecular weight excluding hydrogens is 162 g/mol. The van der Waals surface area contributed by atoms with Gasteiger partial charge in [-0.2, -0.15) is 4.91 Å². The lowest BCUT2D eigenvalue weighted by molar-refractivity contribution is 0.248. The summed E-state index contributed by atoms with van der Waals surface area (Å²) in [6.45, 7) is 8.88. The first kappa shape index (κ1) is 10.4. The lowest BCUT2D eigenvalue weighted by atomic mass is 9.71. The van der Waals surface area contributed by atoms with Gasteiger partial charge in [0.15, 0.2) is 0 Å². The van der Waals surface area contributed by atoms with Crippen molar-refractivity contribution in [2.45, 2.75) is 46.6 Å². The van der Waals surface area contributed by atoms with Crippen LogP contribution < -0.4 is 0 Å². The zero-order valence-corrected chi connectivity index (χ0v) is 9.00. The zero-order valence-electron chi connectivity index (χ0n) is 9.00. The molecule has 2 heteroatoms. The highest BCUT2D eigenvalue weighted by Crippen LogP contribution is 2.39. The molecule has 0 amide bonds. The highest BCUT2D eigenvalue weighted by Gasteiger charge is 2.29. The van der Waals surface area contributed by atoms with Crippen LogP contribution in [0.15, 0.2) is 16.8 Å². The molecular formula is C11H19NO. The van der Waals surface area contributed by atoms with Crippen LogP contribution in [0, 0.1) is 16.2 Å². The summed E-state index contributed by atoms with van der Waals surface area (Å²) in [5, 5.41) is 3.09. The smallest absolute Gasteiger partial charge is 0.110 e. The van der Waals surface area contributed by atoms with Crippen molar-refractivity contribution in [3.05, 3.63) is 16.6 Å². The van der Waals surface area contributed by atoms with Crippen molar-refractivity contribution in [1.82, 2.24) is 0 Å². The van der Waals surface area contributed by atoms with E-state index in [-0.39, 0.29) is 6.04 Å². The summed E-state index contributed by atoms with van der Waals surface area (Å²) in [4.78, 5) is 10.4. The lowest BCUT2D eigenvalue weighted by Gasteiger charge is -2.35. The van der Waals surface area contributed by atoms with E-state index in [9.17, 15) is 4.91 Å². The average Bonchev–Trinajstić information content (AvgIpc) is 2.01. The van der Waals surface area contributed by atoms with Gasteiger partial charge in [0, 0.05) is 0 Å². The lowest BCUT2D eigenvalue weighted by Crippen LogP contribution is -2.26. The molecule has 0 saturated heterocycles. The van der Waals surface area contributed by atoms with Gasteiger partial charge in [-0.3, -0.25) is 0 Å². The summed E-state index contributed by atoms with van der Waals surface area (Å²) in [5.41, 5.74) is 1.65. The molecule has 2 nitrogen and oxygen atoms in total. The Morgan fingerprint density at radius 2 is 2.00 bits per heavy atom. The molecule has 0 bridgehead atoms. The molecule has 0 aliphatic heterocycles. The molecule has 0 heterocycles. The van der Waals surface area contributed by atoms with Crippen LogP contribution in [-0.4, -0.2) is 6.04 Å². The molecule has 2 unspecified atom stereocenters. The van der Waals surface area contributed by atoms with E-state index in [1.807, 2.05) is 6.08 Å². The Morgan fingerprint density at radius 3 is 2.38 bits per heavy atom. The van der Waals surface area contributed by atoms with E-state index < -0.39 is 0 Å². The first-order chi connectivity index (χ1) is 5.95. The SMILES string of the molecule is CC1=CC(N=O)CCC1C(C)(C)C. The van der Waals surface area contributed by atoms with Gasteiger partial charge in [0.25, 0.3) is 0 Å². The number of nitroso groups, excluding NO2 is 1. The standard InChI is InChI=1S/C11H19NO/c1-8-7-9(12-13)5-6-10(8)11(2,3)4/h7,9-10H,5-6H2,1-4H3. The molecule has 0 aromatic carbocycles. The van der Waals surface area contributed by atoms with Crippen molar-refractivity contribution in [1.29, 1.82) is 0 Å². The van der Waals surface area contributed by atoms with Crippen molar-refractivity contribution in [3.8, 4) is 0 Å². The first-order valence-electron chi connectivity index (χ1n) is 4.96. The summed E-state index contributed by atoms with van der Waals surface area (Å²) < 4.78 is 0. The molecule has 0 saturated carbocycles. The van der Waals surface area contributed by atoms with Gasteiger partial charge in [0.1, 0.15) is 6.04 Å². The van der Waals surface area contributed by atoms with E-state index in [1.54, 1.807) is 0 Å². The summed E-state index contributed by atoms with van der Waals surface area (Å²) in [6, 6.07) is -0.0707. The second-order valence-electron chi connectivity index (χ2n) is 5.08. The molecule has 2 atom stereocenters. The van der Waals surface area contributed by atoms with Crippen LogP contribution in [0.2, 0.25) is 0 Å². The molecule has 0 aromatic heterocycles. The van der Waals surface area contributed by atoms with Gasteiger partial charge in [-0.15, -0.1) is 0 Å². The van der Waals surface area contributed by atoms with E-state index in [2.05, 4.69) is 32.9 Å². The monoisotopic (exact) mass is 181 g/mol. The quantitative estimate of drug-likeness (QED) is 0.449. The molecule has 1 aliphatic rings. The minimum atomic E-state index is -0.0707. The van der Waals surface area contributed by atoms with Crippen molar-refractivity contribution in [2.75, 3.05) is 0 Å². The van der Waals surface area contributed by atoms with Crippen LogP contribution >= 0.6 is 0 Å². The maximum Gasteiger partial charge on any atom is 0.110 e. The van der Waals surface area contributed by atoms with Gasteiger partial charge in [-0.25, -0.2) is 0 Å². The highest BCUT2D eigenvalue weighted by molar-refractivity contribution is 5.14. The second-order valence-corrected chi connectivity index (χ2v) is 5.08. The summed E-state index contributed by atoms with van der Waals surface area (Å²) in [5.74, 6) is 0.616. The maximum absolute atomic E-state index is 10.4. The van der Waals surface area contributed by atoms with Crippen LogP contribution in [0.4, 0.5) is 0 Å². The summed E-state index contributed by atoms with van der Waals surface area (Å²) >= 11 is 0. The van der Waals surface area contributed by atoms with E-state index >= 15 is 0 Å². The fraction of sp³-hybridized carbons (Fsp3) is 0.818. The predicted molar refractivity (Wildman–Crippen MR) is 55.5 cm³/mol. The Balaban J connectivity index is 2.78. The Bertz CT molecular complexity index is 225. The molecule has 0 fully saturated rings. The fourth-order valence-electron chi connectivity index (χ4n) is 2.27. The number of hydrogen-bond acceptors (Lipinski definition) is 2. The van der Waals surface area contributed by atoms with Gasteiger partial charge in [0.05, 0.1) is 0 Å². The average molecular weight is 181 g/mol. The van der Waals surface area contributed by atoms with E-state index in [0.717, 1.165) is 12.8 Å². The van der Waals surface area contributed by atoms with Gasteiger partial charge in [-0.1, -0.05) is 37.6 Å². The highest BCUT2D eigenvalue weighted by atomic mass is 16.3. The molecule has 0 radical (unpaired) electrons. The van der Waals surface area contributed by atoms with Crippen LogP contribution in [0.25, 0.3) is 0 Å². The Morgan fingerprint density at radius 1 is 1.38 bits per heavy atom. The van der Waals surface area contributed by atoms with E-state index in [4.69, 9.17) is 0 Å². The Hall–Kier alpha value is -0.660.